The summed E-state index contributed by atoms with van der Waals surface area (Å²) in [7, 11) is -3.28. The number of carbonyl (C=O) groups excluding carboxylic acids is 2. The number of para-hydroxylation sites is 1. The Morgan fingerprint density at radius 2 is 1.81 bits per heavy atom. The zero-order valence-corrected chi connectivity index (χ0v) is 18.1. The molecule has 2 heterocycles. The van der Waals surface area contributed by atoms with Crippen LogP contribution < -0.4 is 5.32 Å². The smallest absolute Gasteiger partial charge is 0.251 e. The summed E-state index contributed by atoms with van der Waals surface area (Å²) in [6.07, 6.45) is 1.85. The van der Waals surface area contributed by atoms with Crippen molar-refractivity contribution in [3.63, 3.8) is 0 Å². The Hall–Kier alpha value is -3.13. The topological polar surface area (TPSA) is 99.3 Å². The van der Waals surface area contributed by atoms with Gasteiger partial charge in [0.15, 0.2) is 0 Å². The molecule has 0 spiro atoms. The number of hydrogen-bond acceptors (Lipinski definition) is 4. The number of aromatic amines is 1. The molecule has 1 aliphatic rings. The average Bonchev–Trinajstić information content (AvgIpc) is 3.14. The molecule has 0 radical (unpaired) electrons. The maximum atomic E-state index is 13.4. The molecule has 2 amide bonds. The van der Waals surface area contributed by atoms with Crippen molar-refractivity contribution in [2.75, 3.05) is 18.6 Å². The van der Waals surface area contributed by atoms with Gasteiger partial charge in [-0.15, -0.1) is 0 Å². The Bertz CT molecular complexity index is 1220. The Morgan fingerprint density at radius 3 is 2.55 bits per heavy atom. The van der Waals surface area contributed by atoms with Gasteiger partial charge in [0.1, 0.15) is 15.9 Å². The van der Waals surface area contributed by atoms with Gasteiger partial charge < -0.3 is 15.2 Å². The van der Waals surface area contributed by atoms with E-state index in [4.69, 9.17) is 0 Å². The quantitative estimate of drug-likeness (QED) is 0.616. The number of sulfone groups is 1. The third kappa shape index (κ3) is 4.80. The fourth-order valence-electron chi connectivity index (χ4n) is 4.00. The van der Waals surface area contributed by atoms with Crippen molar-refractivity contribution >= 4 is 32.6 Å². The minimum Gasteiger partial charge on any atom is -0.358 e. The number of amides is 2. The highest BCUT2D eigenvalue weighted by Gasteiger charge is 2.30. The zero-order chi connectivity index (χ0) is 22.0. The van der Waals surface area contributed by atoms with Gasteiger partial charge in [-0.1, -0.05) is 36.4 Å². The predicted octanol–water partition coefficient (Wildman–Crippen LogP) is 2.29. The summed E-state index contributed by atoms with van der Waals surface area (Å²) in [6.45, 7) is 0.935. The maximum absolute atomic E-state index is 13.4. The summed E-state index contributed by atoms with van der Waals surface area (Å²) in [5, 5.41) is 3.84. The number of rotatable bonds is 6. The summed E-state index contributed by atoms with van der Waals surface area (Å²) in [5.41, 5.74) is 3.66. The van der Waals surface area contributed by atoms with Gasteiger partial charge in [-0.3, -0.25) is 9.59 Å². The molecule has 162 valence electrons. The molecular formula is C23H25N3O4S. The molecule has 31 heavy (non-hydrogen) atoms. The maximum Gasteiger partial charge on any atom is 0.251 e. The van der Waals surface area contributed by atoms with E-state index >= 15 is 0 Å². The van der Waals surface area contributed by atoms with E-state index in [1.165, 1.54) is 0 Å². The number of hydrogen-bond donors (Lipinski definition) is 2. The van der Waals surface area contributed by atoms with Crippen molar-refractivity contribution in [1.29, 1.82) is 0 Å². The summed E-state index contributed by atoms with van der Waals surface area (Å²) >= 11 is 0. The minimum atomic E-state index is -3.28. The van der Waals surface area contributed by atoms with Crippen LogP contribution in [0.5, 0.6) is 0 Å². The highest BCUT2D eigenvalue weighted by molar-refractivity contribution is 7.90. The molecule has 2 N–H and O–H groups in total. The lowest BCUT2D eigenvalue weighted by atomic mass is 10.0. The number of fused-ring (bicyclic) bond motifs is 3. The molecule has 1 aromatic heterocycles. The van der Waals surface area contributed by atoms with Gasteiger partial charge in [0.05, 0.1) is 5.75 Å². The first-order valence-corrected chi connectivity index (χ1v) is 12.3. The number of carbonyl (C=O) groups is 2. The highest BCUT2D eigenvalue weighted by Crippen LogP contribution is 2.28. The minimum absolute atomic E-state index is 0.0352. The second-order valence-electron chi connectivity index (χ2n) is 7.95. The molecule has 0 fully saturated rings. The normalized spacial score (nSPS) is 14.8. The van der Waals surface area contributed by atoms with Crippen molar-refractivity contribution in [2.24, 2.45) is 0 Å². The van der Waals surface area contributed by atoms with Crippen molar-refractivity contribution < 1.29 is 18.0 Å². The molecule has 0 saturated carbocycles. The van der Waals surface area contributed by atoms with Crippen LogP contribution >= 0.6 is 0 Å². The largest absolute Gasteiger partial charge is 0.358 e. The molecule has 4 rings (SSSR count). The monoisotopic (exact) mass is 439 g/mol. The van der Waals surface area contributed by atoms with E-state index in [0.717, 1.165) is 28.4 Å². The van der Waals surface area contributed by atoms with Gasteiger partial charge >= 0.3 is 0 Å². The first-order valence-electron chi connectivity index (χ1n) is 10.2. The number of nitrogens with zero attached hydrogens (tertiary/aromatic N) is 1. The van der Waals surface area contributed by atoms with Gasteiger partial charge in [0.25, 0.3) is 5.91 Å². The van der Waals surface area contributed by atoms with Crippen LogP contribution in [0.1, 0.15) is 28.0 Å². The Kier molecular flexibility index (Phi) is 5.82. The lowest BCUT2D eigenvalue weighted by Crippen LogP contribution is -2.50. The molecule has 8 heteroatoms. The van der Waals surface area contributed by atoms with Crippen molar-refractivity contribution in [3.8, 4) is 0 Å². The highest BCUT2D eigenvalue weighted by atomic mass is 32.2. The number of H-pyrrole nitrogens is 1. The number of aromatic nitrogens is 1. The van der Waals surface area contributed by atoms with E-state index in [0.29, 0.717) is 25.1 Å². The third-order valence-electron chi connectivity index (χ3n) is 5.61. The molecule has 0 saturated heterocycles. The third-order valence-corrected chi connectivity index (χ3v) is 6.59. The van der Waals surface area contributed by atoms with Crippen LogP contribution in [0.2, 0.25) is 0 Å². The first-order chi connectivity index (χ1) is 14.8. The Balaban J connectivity index is 1.55. The number of benzene rings is 2. The van der Waals surface area contributed by atoms with Crippen LogP contribution in [0.15, 0.2) is 54.6 Å². The van der Waals surface area contributed by atoms with Gasteiger partial charge in [0, 0.05) is 53.5 Å². The molecule has 2 aromatic carbocycles. The summed E-state index contributed by atoms with van der Waals surface area (Å²) in [4.78, 5) is 31.1. The average molecular weight is 440 g/mol. The van der Waals surface area contributed by atoms with Gasteiger partial charge in [-0.05, 0) is 24.6 Å². The SMILES string of the molecule is CS(=O)(=O)CC[C@H](NC(=O)c1ccccc1)C(=O)N1CCc2[nH]c3ccccc3c2C1. The number of nitrogens with one attached hydrogen (secondary N) is 2. The van der Waals surface area contributed by atoms with Crippen LogP contribution in [0.4, 0.5) is 0 Å². The summed E-state index contributed by atoms with van der Waals surface area (Å²) < 4.78 is 23.4. The van der Waals surface area contributed by atoms with Gasteiger partial charge in [-0.25, -0.2) is 8.42 Å². The van der Waals surface area contributed by atoms with Crippen LogP contribution in [-0.4, -0.2) is 54.7 Å². The van der Waals surface area contributed by atoms with Gasteiger partial charge in [-0.2, -0.15) is 0 Å². The van der Waals surface area contributed by atoms with E-state index in [9.17, 15) is 18.0 Å². The van der Waals surface area contributed by atoms with E-state index in [-0.39, 0.29) is 18.1 Å². The van der Waals surface area contributed by atoms with E-state index in [1.807, 2.05) is 24.3 Å². The van der Waals surface area contributed by atoms with Crippen LogP contribution in [0, 0.1) is 0 Å². The summed E-state index contributed by atoms with van der Waals surface area (Å²) in [5.74, 6) is -0.828. The lowest BCUT2D eigenvalue weighted by molar-refractivity contribution is -0.134. The van der Waals surface area contributed by atoms with Crippen LogP contribution in [0.3, 0.4) is 0 Å². The van der Waals surface area contributed by atoms with Crippen LogP contribution in [-0.2, 0) is 27.6 Å². The Labute approximate surface area is 181 Å². The van der Waals surface area contributed by atoms with Crippen LogP contribution in [0.25, 0.3) is 10.9 Å². The summed E-state index contributed by atoms with van der Waals surface area (Å²) in [6, 6.07) is 15.7. The standard InChI is InChI=1S/C23H25N3O4S/c1-31(29,30)14-12-21(25-22(27)16-7-3-2-4-8-16)23(28)26-13-11-20-18(15-26)17-9-5-6-10-19(17)24-20/h2-10,21,24H,11-15H2,1H3,(H,25,27)/t21-/m0/s1. The molecule has 0 aliphatic carbocycles. The zero-order valence-electron chi connectivity index (χ0n) is 17.3. The molecular weight excluding hydrogens is 414 g/mol. The van der Waals surface area contributed by atoms with Crippen molar-refractivity contribution in [1.82, 2.24) is 15.2 Å². The molecule has 1 aliphatic heterocycles. The Morgan fingerprint density at radius 1 is 1.10 bits per heavy atom. The second-order valence-corrected chi connectivity index (χ2v) is 10.2. The van der Waals surface area contributed by atoms with Crippen molar-refractivity contribution in [3.05, 3.63) is 71.4 Å². The second kappa shape index (κ2) is 8.55. The molecule has 1 atom stereocenters. The molecule has 7 nitrogen and oxygen atoms in total. The molecule has 3 aromatic rings. The fraction of sp³-hybridized carbons (Fsp3) is 0.304. The fourth-order valence-corrected chi connectivity index (χ4v) is 4.66. The van der Waals surface area contributed by atoms with E-state index < -0.39 is 21.8 Å². The van der Waals surface area contributed by atoms with Gasteiger partial charge in [0.2, 0.25) is 5.91 Å². The van der Waals surface area contributed by atoms with Crippen molar-refractivity contribution in [2.45, 2.75) is 25.4 Å². The lowest BCUT2D eigenvalue weighted by Gasteiger charge is -2.31. The van der Waals surface area contributed by atoms with E-state index in [2.05, 4.69) is 10.3 Å². The predicted molar refractivity (Wildman–Crippen MR) is 119 cm³/mol. The molecule has 0 bridgehead atoms. The first kappa shape index (κ1) is 21.1. The molecule has 0 unspecified atom stereocenters. The van der Waals surface area contributed by atoms with E-state index in [1.54, 1.807) is 35.2 Å².